The molecule has 0 fully saturated rings. The van der Waals surface area contributed by atoms with Crippen LogP contribution in [0, 0.1) is 0 Å². The predicted octanol–water partition coefficient (Wildman–Crippen LogP) is 12.9. The normalized spacial score (nSPS) is 11.7. The third kappa shape index (κ3) is 31.7. The molecule has 0 N–H and O–H groups in total. The van der Waals surface area contributed by atoms with Gasteiger partial charge in [-0.25, -0.2) is 0 Å². The van der Waals surface area contributed by atoms with E-state index in [2.05, 4.69) is 26.0 Å². The average molecular weight is 463 g/mol. The van der Waals surface area contributed by atoms with Crippen LogP contribution in [-0.2, 0) is 0 Å². The van der Waals surface area contributed by atoms with E-state index in [-0.39, 0.29) is 0 Å². The Labute approximate surface area is 212 Å². The van der Waals surface area contributed by atoms with Gasteiger partial charge in [0.1, 0.15) is 0 Å². The van der Waals surface area contributed by atoms with E-state index in [1.165, 1.54) is 186 Å². The summed E-state index contributed by atoms with van der Waals surface area (Å²) in [5.74, 6) is 0. The van der Waals surface area contributed by atoms with Gasteiger partial charge in [-0.3, -0.25) is 0 Å². The van der Waals surface area contributed by atoms with Crippen molar-refractivity contribution >= 4 is 0 Å². The van der Waals surface area contributed by atoms with Crippen LogP contribution in [0.5, 0.6) is 0 Å². The number of hydrogen-bond donors (Lipinski definition) is 0. The van der Waals surface area contributed by atoms with Crippen LogP contribution in [0.15, 0.2) is 12.2 Å². The monoisotopic (exact) mass is 463 g/mol. The van der Waals surface area contributed by atoms with Crippen LogP contribution in [0.1, 0.15) is 200 Å². The number of allylic oxidation sites excluding steroid dienone is 2. The van der Waals surface area contributed by atoms with Gasteiger partial charge in [0.25, 0.3) is 0 Å². The highest BCUT2D eigenvalue weighted by Crippen LogP contribution is 2.16. The second-order valence-corrected chi connectivity index (χ2v) is 10.9. The quantitative estimate of drug-likeness (QED) is 0.0765. The van der Waals surface area contributed by atoms with E-state index in [0.29, 0.717) is 0 Å². The van der Waals surface area contributed by atoms with Crippen LogP contribution in [0.25, 0.3) is 0 Å². The molecule has 0 saturated heterocycles. The maximum absolute atomic E-state index is 2.31. The Bertz CT molecular complexity index is 342. The lowest BCUT2D eigenvalue weighted by Gasteiger charge is -2.04. The molecule has 0 aromatic heterocycles. The zero-order chi connectivity index (χ0) is 23.9. The van der Waals surface area contributed by atoms with Crippen molar-refractivity contribution in [1.82, 2.24) is 0 Å². The van der Waals surface area contributed by atoms with E-state index in [1.54, 1.807) is 0 Å². The van der Waals surface area contributed by atoms with Crippen molar-refractivity contribution in [2.45, 2.75) is 200 Å². The van der Waals surface area contributed by atoms with Crippen molar-refractivity contribution in [3.63, 3.8) is 0 Å². The van der Waals surface area contributed by atoms with Crippen molar-refractivity contribution in [3.05, 3.63) is 12.2 Å². The zero-order valence-corrected chi connectivity index (χ0v) is 23.7. The molecule has 0 heterocycles. The van der Waals surface area contributed by atoms with Gasteiger partial charge in [0, 0.05) is 0 Å². The molecule has 0 aliphatic rings. The van der Waals surface area contributed by atoms with Crippen molar-refractivity contribution in [1.29, 1.82) is 0 Å². The minimum atomic E-state index is 1.29. The molecule has 0 heteroatoms. The summed E-state index contributed by atoms with van der Waals surface area (Å²) in [5, 5.41) is 0. The first kappa shape index (κ1) is 32.7. The molecule has 0 aromatic rings. The van der Waals surface area contributed by atoms with Crippen molar-refractivity contribution in [2.75, 3.05) is 0 Å². The minimum Gasteiger partial charge on any atom is -0.0917 e. The smallest absolute Gasteiger partial charge is 0.0351 e. The van der Waals surface area contributed by atoms with Crippen molar-refractivity contribution in [2.24, 2.45) is 0 Å². The Morgan fingerprint density at radius 1 is 0.303 bits per heavy atom. The van der Waals surface area contributed by atoms with Crippen LogP contribution in [0.2, 0.25) is 0 Å². The summed E-state index contributed by atoms with van der Waals surface area (Å²) in [6.45, 7) is 4.43. The van der Waals surface area contributed by atoms with Gasteiger partial charge in [-0.2, -0.15) is 0 Å². The third-order valence-electron chi connectivity index (χ3n) is 7.46. The molecule has 198 valence electrons. The minimum absolute atomic E-state index is 1.29. The fraction of sp³-hybridized carbons (Fsp3) is 0.939. The highest BCUT2D eigenvalue weighted by atomic mass is 14.0. The number of unbranched alkanes of at least 4 members (excludes halogenated alkanes) is 28. The summed E-state index contributed by atoms with van der Waals surface area (Å²) in [6.07, 6.45) is 47.1. The van der Waals surface area contributed by atoms with E-state index in [1.807, 2.05) is 0 Å². The molecule has 0 saturated carbocycles. The van der Waals surface area contributed by atoms with Crippen molar-refractivity contribution in [3.8, 4) is 0 Å². The largest absolute Gasteiger partial charge is 0.0917 e. The van der Waals surface area contributed by atoms with Gasteiger partial charge in [0.2, 0.25) is 0 Å². The average Bonchev–Trinajstić information content (AvgIpc) is 2.83. The Morgan fingerprint density at radius 2 is 0.515 bits per heavy atom. The van der Waals surface area contributed by atoms with Crippen LogP contribution in [0.3, 0.4) is 0 Å². The first-order valence-corrected chi connectivity index (χ1v) is 16.0. The molecule has 0 aliphatic carbocycles. The maximum Gasteiger partial charge on any atom is -0.0351 e. The highest BCUT2D eigenvalue weighted by molar-refractivity contribution is 4.76. The highest BCUT2D eigenvalue weighted by Gasteiger charge is 1.96. The first-order chi connectivity index (χ1) is 16.4. The molecule has 0 amide bonds. The Morgan fingerprint density at radius 3 is 0.727 bits per heavy atom. The molecule has 0 nitrogen and oxygen atoms in total. The van der Waals surface area contributed by atoms with Crippen LogP contribution >= 0.6 is 0 Å². The lowest BCUT2D eigenvalue weighted by Crippen LogP contribution is -1.85. The maximum atomic E-state index is 2.31. The molecular weight excluding hydrogens is 396 g/mol. The van der Waals surface area contributed by atoms with E-state index in [0.717, 1.165) is 0 Å². The fourth-order valence-corrected chi connectivity index (χ4v) is 5.10. The molecule has 0 rings (SSSR count). The van der Waals surface area contributed by atoms with Gasteiger partial charge in [-0.1, -0.05) is 192 Å². The van der Waals surface area contributed by atoms with Crippen LogP contribution < -0.4 is 0 Å². The molecular formula is C33H66. The Kier molecular flexibility index (Phi) is 31.5. The molecule has 33 heavy (non-hydrogen) atoms. The lowest BCUT2D eigenvalue weighted by molar-refractivity contribution is 0.514. The topological polar surface area (TPSA) is 0 Å². The molecule has 0 aliphatic heterocycles. The van der Waals surface area contributed by atoms with E-state index in [9.17, 15) is 0 Å². The number of hydrogen-bond acceptors (Lipinski definition) is 0. The second-order valence-electron chi connectivity index (χ2n) is 10.9. The third-order valence-corrected chi connectivity index (χ3v) is 7.46. The molecule has 0 bridgehead atoms. The first-order valence-electron chi connectivity index (χ1n) is 16.0. The van der Waals surface area contributed by atoms with Gasteiger partial charge in [-0.05, 0) is 19.8 Å². The molecule has 0 spiro atoms. The predicted molar refractivity (Wildman–Crippen MR) is 154 cm³/mol. The summed E-state index contributed by atoms with van der Waals surface area (Å²) in [7, 11) is 0. The summed E-state index contributed by atoms with van der Waals surface area (Å²) in [5.41, 5.74) is 0. The van der Waals surface area contributed by atoms with Crippen LogP contribution in [-0.4, -0.2) is 0 Å². The number of rotatable bonds is 29. The molecule has 0 aromatic carbocycles. The SMILES string of the molecule is C/C=C/CCCCCCCCCCCCCCCCCCCCCCCCCCCCCC. The second kappa shape index (κ2) is 31.7. The van der Waals surface area contributed by atoms with E-state index in [4.69, 9.17) is 0 Å². The van der Waals surface area contributed by atoms with Crippen LogP contribution in [0.4, 0.5) is 0 Å². The Hall–Kier alpha value is -0.260. The molecule has 0 unspecified atom stereocenters. The summed E-state index contributed by atoms with van der Waals surface area (Å²) in [4.78, 5) is 0. The Balaban J connectivity index is 3.00. The molecule has 0 radical (unpaired) electrons. The fourth-order valence-electron chi connectivity index (χ4n) is 5.10. The summed E-state index contributed by atoms with van der Waals surface area (Å²) in [6, 6.07) is 0. The van der Waals surface area contributed by atoms with Gasteiger partial charge in [0.05, 0.1) is 0 Å². The van der Waals surface area contributed by atoms with Crippen molar-refractivity contribution < 1.29 is 0 Å². The van der Waals surface area contributed by atoms with Gasteiger partial charge < -0.3 is 0 Å². The van der Waals surface area contributed by atoms with Gasteiger partial charge >= 0.3 is 0 Å². The standard InChI is InChI=1S/C33H66/c1-3-5-7-9-11-13-15-17-19-21-23-25-27-29-31-33-32-30-28-26-24-22-20-18-16-14-12-10-8-6-4-2/h3,5H,4,6-33H2,1-2H3/b5-3+. The van der Waals surface area contributed by atoms with E-state index >= 15 is 0 Å². The van der Waals surface area contributed by atoms with Gasteiger partial charge in [0.15, 0.2) is 0 Å². The molecule has 0 atom stereocenters. The zero-order valence-electron chi connectivity index (χ0n) is 23.7. The lowest BCUT2D eigenvalue weighted by atomic mass is 10.0. The summed E-state index contributed by atoms with van der Waals surface area (Å²) >= 11 is 0. The van der Waals surface area contributed by atoms with Gasteiger partial charge in [-0.15, -0.1) is 0 Å². The van der Waals surface area contributed by atoms with E-state index < -0.39 is 0 Å². The summed E-state index contributed by atoms with van der Waals surface area (Å²) < 4.78 is 0.